The van der Waals surface area contributed by atoms with E-state index in [4.69, 9.17) is 9.72 Å². The molecule has 158 valence electrons. The van der Waals surface area contributed by atoms with Crippen LogP contribution in [0.4, 0.5) is 0 Å². The van der Waals surface area contributed by atoms with Crippen molar-refractivity contribution < 1.29 is 4.74 Å². The number of nitrogens with zero attached hydrogens (tertiary/aromatic N) is 5. The molecule has 0 saturated carbocycles. The molecule has 0 aliphatic carbocycles. The Hall–Kier alpha value is -3.29. The van der Waals surface area contributed by atoms with Gasteiger partial charge >= 0.3 is 0 Å². The molecule has 0 amide bonds. The molecule has 4 aromatic heterocycles. The Morgan fingerprint density at radius 1 is 1.03 bits per heavy atom. The van der Waals surface area contributed by atoms with Crippen LogP contribution in [0.1, 0.15) is 17.7 Å². The van der Waals surface area contributed by atoms with Crippen molar-refractivity contribution in [3.05, 3.63) is 76.6 Å². The van der Waals surface area contributed by atoms with E-state index in [1.54, 1.807) is 17.6 Å². The van der Waals surface area contributed by atoms with Crippen LogP contribution >= 0.6 is 0 Å². The summed E-state index contributed by atoms with van der Waals surface area (Å²) < 4.78 is 8.77. The normalized spacial score (nSPS) is 15.0. The second-order valence-electron chi connectivity index (χ2n) is 7.96. The maximum Gasteiger partial charge on any atom is 0.258 e. The van der Waals surface area contributed by atoms with Gasteiger partial charge in [-0.15, -0.1) is 0 Å². The standard InChI is InChI=1S/C24H25N5O2/c1-17-14-28-15-20(4-5-22(28)25-17)21-13-24(30)29-16-19(3-6-23(29)26-21)18-7-9-27(10-8-18)11-12-31-2/h3-7,13-16H,8-12H2,1-2H3. The predicted molar refractivity (Wildman–Crippen MR) is 121 cm³/mol. The molecule has 31 heavy (non-hydrogen) atoms. The molecule has 0 fully saturated rings. The molecule has 1 aliphatic heterocycles. The Morgan fingerprint density at radius 3 is 2.68 bits per heavy atom. The molecule has 7 heteroatoms. The Balaban J connectivity index is 1.46. The van der Waals surface area contributed by atoms with Crippen molar-refractivity contribution in [2.75, 3.05) is 33.4 Å². The largest absolute Gasteiger partial charge is 0.383 e. The summed E-state index contributed by atoms with van der Waals surface area (Å²) in [7, 11) is 1.73. The quantitative estimate of drug-likeness (QED) is 0.501. The number of aryl methyl sites for hydroxylation is 1. The van der Waals surface area contributed by atoms with E-state index in [1.165, 1.54) is 5.57 Å². The number of hydrogen-bond donors (Lipinski definition) is 0. The van der Waals surface area contributed by atoms with Gasteiger partial charge in [-0.2, -0.15) is 0 Å². The summed E-state index contributed by atoms with van der Waals surface area (Å²) in [6.45, 7) is 5.54. The molecule has 0 saturated heterocycles. The smallest absolute Gasteiger partial charge is 0.258 e. The van der Waals surface area contributed by atoms with E-state index in [2.05, 4.69) is 22.0 Å². The van der Waals surface area contributed by atoms with Gasteiger partial charge in [-0.25, -0.2) is 9.97 Å². The summed E-state index contributed by atoms with van der Waals surface area (Å²) in [5.74, 6) is 0. The second kappa shape index (κ2) is 8.09. The topological polar surface area (TPSA) is 64.1 Å². The number of aromatic nitrogens is 4. The zero-order chi connectivity index (χ0) is 21.4. The number of methoxy groups -OCH3 is 1. The fourth-order valence-corrected chi connectivity index (χ4v) is 4.11. The lowest BCUT2D eigenvalue weighted by Crippen LogP contribution is -2.31. The molecule has 0 unspecified atom stereocenters. The average molecular weight is 415 g/mol. The van der Waals surface area contributed by atoms with Crippen molar-refractivity contribution in [1.82, 2.24) is 23.7 Å². The Kier molecular flexibility index (Phi) is 5.13. The van der Waals surface area contributed by atoms with E-state index in [0.717, 1.165) is 55.1 Å². The minimum Gasteiger partial charge on any atom is -0.383 e. The predicted octanol–water partition coefficient (Wildman–Crippen LogP) is 3.05. The lowest BCUT2D eigenvalue weighted by molar-refractivity contribution is 0.154. The molecule has 0 spiro atoms. The summed E-state index contributed by atoms with van der Waals surface area (Å²) in [6.07, 6.45) is 9.04. The van der Waals surface area contributed by atoms with Crippen molar-refractivity contribution in [3.63, 3.8) is 0 Å². The van der Waals surface area contributed by atoms with Gasteiger partial charge in [0.1, 0.15) is 11.3 Å². The highest BCUT2D eigenvalue weighted by Crippen LogP contribution is 2.23. The fourth-order valence-electron chi connectivity index (χ4n) is 4.11. The van der Waals surface area contributed by atoms with Gasteiger partial charge in [0.2, 0.25) is 0 Å². The van der Waals surface area contributed by atoms with Gasteiger partial charge in [0.25, 0.3) is 5.56 Å². The molecule has 4 aromatic rings. The fraction of sp³-hybridized carbons (Fsp3) is 0.292. The molecular weight excluding hydrogens is 390 g/mol. The van der Waals surface area contributed by atoms with E-state index in [-0.39, 0.29) is 5.56 Å². The third-order valence-corrected chi connectivity index (χ3v) is 5.80. The number of pyridine rings is 2. The van der Waals surface area contributed by atoms with Crippen LogP contribution in [0, 0.1) is 6.92 Å². The molecule has 0 radical (unpaired) electrons. The van der Waals surface area contributed by atoms with Crippen molar-refractivity contribution in [2.24, 2.45) is 0 Å². The first kappa shape index (κ1) is 19.7. The van der Waals surface area contributed by atoms with Gasteiger partial charge in [0, 0.05) is 57.0 Å². The maximum absolute atomic E-state index is 12.9. The zero-order valence-corrected chi connectivity index (χ0v) is 17.8. The lowest BCUT2D eigenvalue weighted by Gasteiger charge is -2.26. The van der Waals surface area contributed by atoms with Gasteiger partial charge in [0.05, 0.1) is 18.0 Å². The molecule has 5 heterocycles. The third-order valence-electron chi connectivity index (χ3n) is 5.80. The van der Waals surface area contributed by atoms with Crippen LogP contribution in [0.15, 0.2) is 59.8 Å². The van der Waals surface area contributed by atoms with Crippen LogP contribution in [0.2, 0.25) is 0 Å². The van der Waals surface area contributed by atoms with Crippen LogP contribution in [0.3, 0.4) is 0 Å². The van der Waals surface area contributed by atoms with Crippen LogP contribution < -0.4 is 5.56 Å². The van der Waals surface area contributed by atoms with E-state index < -0.39 is 0 Å². The number of rotatable bonds is 5. The Bertz CT molecular complexity index is 1350. The monoisotopic (exact) mass is 415 g/mol. The maximum atomic E-state index is 12.9. The first-order chi connectivity index (χ1) is 15.1. The summed E-state index contributed by atoms with van der Waals surface area (Å²) >= 11 is 0. The van der Waals surface area contributed by atoms with Crippen LogP contribution in [-0.2, 0) is 4.74 Å². The Labute approximate surface area is 180 Å². The van der Waals surface area contributed by atoms with Crippen LogP contribution in [0.25, 0.3) is 28.1 Å². The molecule has 1 aliphatic rings. The zero-order valence-electron chi connectivity index (χ0n) is 17.8. The summed E-state index contributed by atoms with van der Waals surface area (Å²) in [5.41, 5.74) is 6.29. The highest BCUT2D eigenvalue weighted by Gasteiger charge is 2.14. The van der Waals surface area contributed by atoms with Crippen molar-refractivity contribution >= 4 is 16.9 Å². The van der Waals surface area contributed by atoms with Crippen molar-refractivity contribution in [1.29, 1.82) is 0 Å². The molecule has 0 aromatic carbocycles. The Morgan fingerprint density at radius 2 is 1.87 bits per heavy atom. The minimum absolute atomic E-state index is 0.0816. The van der Waals surface area contributed by atoms with Crippen LogP contribution in [0.5, 0.6) is 0 Å². The van der Waals surface area contributed by atoms with Gasteiger partial charge < -0.3 is 9.14 Å². The van der Waals surface area contributed by atoms with E-state index in [9.17, 15) is 4.79 Å². The van der Waals surface area contributed by atoms with E-state index in [0.29, 0.717) is 11.3 Å². The minimum atomic E-state index is -0.0816. The SMILES string of the molecule is COCCN1CC=C(c2ccc3nc(-c4ccc5nc(C)cn5c4)cc(=O)n3c2)CC1. The highest BCUT2D eigenvalue weighted by molar-refractivity contribution is 5.68. The molecular formula is C24H25N5O2. The average Bonchev–Trinajstić information content (AvgIpc) is 3.17. The molecule has 0 bridgehead atoms. The third kappa shape index (κ3) is 3.89. The highest BCUT2D eigenvalue weighted by atomic mass is 16.5. The van der Waals surface area contributed by atoms with Gasteiger partial charge in [-0.05, 0) is 48.7 Å². The molecule has 5 rings (SSSR count). The second-order valence-corrected chi connectivity index (χ2v) is 7.96. The van der Waals surface area contributed by atoms with E-state index >= 15 is 0 Å². The summed E-state index contributed by atoms with van der Waals surface area (Å²) in [6, 6.07) is 9.49. The molecule has 7 nitrogen and oxygen atoms in total. The molecule has 0 N–H and O–H groups in total. The number of hydrogen-bond acceptors (Lipinski definition) is 5. The number of fused-ring (bicyclic) bond motifs is 2. The molecule has 0 atom stereocenters. The number of ether oxygens (including phenoxy) is 1. The lowest BCUT2D eigenvalue weighted by atomic mass is 10.0. The van der Waals surface area contributed by atoms with Crippen LogP contribution in [-0.4, -0.2) is 57.0 Å². The van der Waals surface area contributed by atoms with Crippen molar-refractivity contribution in [2.45, 2.75) is 13.3 Å². The summed E-state index contributed by atoms with van der Waals surface area (Å²) in [5, 5.41) is 0. The first-order valence-corrected chi connectivity index (χ1v) is 10.5. The van der Waals surface area contributed by atoms with Gasteiger partial charge in [0.15, 0.2) is 0 Å². The summed E-state index contributed by atoms with van der Waals surface area (Å²) in [4.78, 5) is 24.5. The first-order valence-electron chi connectivity index (χ1n) is 10.5. The van der Waals surface area contributed by atoms with Gasteiger partial charge in [-0.1, -0.05) is 6.08 Å². The van der Waals surface area contributed by atoms with E-state index in [1.807, 2.05) is 48.1 Å². The van der Waals surface area contributed by atoms with Crippen molar-refractivity contribution in [3.8, 4) is 11.3 Å². The number of imidazole rings is 1. The van der Waals surface area contributed by atoms with Gasteiger partial charge in [-0.3, -0.25) is 14.1 Å².